The Morgan fingerprint density at radius 2 is 1.04 bits per heavy atom. The minimum absolute atomic E-state index is 0.0273. The van der Waals surface area contributed by atoms with E-state index in [0.29, 0.717) is 39.5 Å². The van der Waals surface area contributed by atoms with Gasteiger partial charge in [-0.2, -0.15) is 0 Å². The molecule has 0 aromatic heterocycles. The first kappa shape index (κ1) is 39.0. The number of hydrogen-bond donors (Lipinski definition) is 0. The number of hydrogen-bond acceptors (Lipinski definition) is 7. The first-order valence-electron chi connectivity index (χ1n) is 19.1. The Labute approximate surface area is 316 Å². The van der Waals surface area contributed by atoms with Crippen LogP contribution in [0, 0.1) is 5.92 Å². The van der Waals surface area contributed by atoms with Crippen LogP contribution in [0.3, 0.4) is 0 Å². The lowest BCUT2D eigenvalue weighted by Crippen LogP contribution is -2.61. The van der Waals surface area contributed by atoms with Crippen molar-refractivity contribution in [3.63, 3.8) is 0 Å². The van der Waals surface area contributed by atoms with E-state index in [1.54, 1.807) is 0 Å². The van der Waals surface area contributed by atoms with Crippen LogP contribution >= 0.6 is 0 Å². The molecule has 8 atom stereocenters. The maximum Gasteiger partial charge on any atom is 0.163 e. The van der Waals surface area contributed by atoms with Crippen LogP contribution in [0.25, 0.3) is 0 Å². The molecular formula is C46H56O7. The van der Waals surface area contributed by atoms with Gasteiger partial charge in [0.1, 0.15) is 24.4 Å². The summed E-state index contributed by atoms with van der Waals surface area (Å²) in [5, 5.41) is 0. The van der Waals surface area contributed by atoms with Crippen LogP contribution in [0.4, 0.5) is 0 Å². The molecule has 2 unspecified atom stereocenters. The zero-order valence-electron chi connectivity index (χ0n) is 31.6. The molecule has 7 nitrogen and oxygen atoms in total. The Morgan fingerprint density at radius 1 is 0.585 bits per heavy atom. The maximum atomic E-state index is 7.03. The van der Waals surface area contributed by atoms with Gasteiger partial charge in [-0.3, -0.25) is 0 Å². The van der Waals surface area contributed by atoms with Crippen molar-refractivity contribution in [2.24, 2.45) is 5.92 Å². The van der Waals surface area contributed by atoms with E-state index in [1.807, 2.05) is 86.6 Å². The van der Waals surface area contributed by atoms with Crippen molar-refractivity contribution in [2.75, 3.05) is 6.61 Å². The van der Waals surface area contributed by atoms with Crippen molar-refractivity contribution in [1.82, 2.24) is 0 Å². The summed E-state index contributed by atoms with van der Waals surface area (Å²) < 4.78 is 46.5. The predicted octanol–water partition coefficient (Wildman–Crippen LogP) is 9.24. The van der Waals surface area contributed by atoms with Gasteiger partial charge in [-0.25, -0.2) is 0 Å². The molecule has 0 radical (unpaired) electrons. The van der Waals surface area contributed by atoms with Crippen molar-refractivity contribution in [3.05, 3.63) is 156 Å². The second-order valence-electron chi connectivity index (χ2n) is 14.6. The summed E-state index contributed by atoms with van der Waals surface area (Å²) in [6.07, 6.45) is 3.87. The van der Waals surface area contributed by atoms with Gasteiger partial charge in [-0.1, -0.05) is 147 Å². The summed E-state index contributed by atoms with van der Waals surface area (Å²) in [5.74, 6) is -0.451. The monoisotopic (exact) mass is 720 g/mol. The highest BCUT2D eigenvalue weighted by Crippen LogP contribution is 2.35. The van der Waals surface area contributed by atoms with Gasteiger partial charge in [0, 0.05) is 5.92 Å². The van der Waals surface area contributed by atoms with Gasteiger partial charge < -0.3 is 33.2 Å². The summed E-state index contributed by atoms with van der Waals surface area (Å²) in [4.78, 5) is 0. The van der Waals surface area contributed by atoms with Crippen LogP contribution in [0.5, 0.6) is 0 Å². The molecule has 2 aliphatic rings. The molecule has 53 heavy (non-hydrogen) atoms. The summed E-state index contributed by atoms with van der Waals surface area (Å²) in [6.45, 7) is 10.4. The lowest BCUT2D eigenvalue weighted by atomic mass is 9.91. The normalized spacial score (nSPS) is 26.2. The Balaban J connectivity index is 1.28. The van der Waals surface area contributed by atoms with Gasteiger partial charge >= 0.3 is 0 Å². The fourth-order valence-corrected chi connectivity index (χ4v) is 7.24. The highest BCUT2D eigenvalue weighted by Gasteiger charge is 2.48. The van der Waals surface area contributed by atoms with E-state index in [9.17, 15) is 0 Å². The Kier molecular flexibility index (Phi) is 14.4. The predicted molar refractivity (Wildman–Crippen MR) is 207 cm³/mol. The van der Waals surface area contributed by atoms with E-state index in [4.69, 9.17) is 33.2 Å². The second kappa shape index (κ2) is 19.6. The molecule has 0 bridgehead atoms. The molecule has 0 N–H and O–H groups in total. The molecular weight excluding hydrogens is 664 g/mol. The molecule has 4 aromatic rings. The van der Waals surface area contributed by atoms with Crippen molar-refractivity contribution in [2.45, 2.75) is 115 Å². The third-order valence-corrected chi connectivity index (χ3v) is 9.93. The van der Waals surface area contributed by atoms with Gasteiger partial charge in [-0.05, 0) is 48.9 Å². The summed E-state index contributed by atoms with van der Waals surface area (Å²) in [7, 11) is 0. The first-order valence-corrected chi connectivity index (χ1v) is 19.1. The van der Waals surface area contributed by atoms with Gasteiger partial charge in [-0.15, -0.1) is 0 Å². The molecule has 2 heterocycles. The van der Waals surface area contributed by atoms with E-state index in [2.05, 4.69) is 74.5 Å². The third-order valence-electron chi connectivity index (χ3n) is 9.93. The van der Waals surface area contributed by atoms with Crippen LogP contribution in [-0.4, -0.2) is 55.1 Å². The van der Waals surface area contributed by atoms with E-state index >= 15 is 0 Å². The zero-order chi connectivity index (χ0) is 36.9. The zero-order valence-corrected chi connectivity index (χ0v) is 31.6. The first-order chi connectivity index (χ1) is 25.9. The fraction of sp³-hybridized carbons (Fsp3) is 0.435. The van der Waals surface area contributed by atoms with Crippen molar-refractivity contribution in [3.8, 4) is 0 Å². The molecule has 0 amide bonds. The Bertz CT molecular complexity index is 1630. The number of benzene rings is 4. The van der Waals surface area contributed by atoms with Crippen LogP contribution in [0.15, 0.2) is 133 Å². The highest BCUT2D eigenvalue weighted by molar-refractivity contribution is 5.17. The van der Waals surface area contributed by atoms with E-state index in [-0.39, 0.29) is 24.2 Å². The molecule has 2 aliphatic heterocycles. The summed E-state index contributed by atoms with van der Waals surface area (Å²) >= 11 is 0. The van der Waals surface area contributed by atoms with E-state index in [0.717, 1.165) is 28.7 Å². The Morgan fingerprint density at radius 3 is 1.53 bits per heavy atom. The number of ether oxygens (including phenoxy) is 7. The summed E-state index contributed by atoms with van der Waals surface area (Å²) in [5.41, 5.74) is 4.34. The van der Waals surface area contributed by atoms with Gasteiger partial charge in [0.2, 0.25) is 0 Å². The molecule has 2 saturated heterocycles. The van der Waals surface area contributed by atoms with E-state index < -0.39 is 30.2 Å². The van der Waals surface area contributed by atoms with Crippen molar-refractivity contribution < 1.29 is 33.2 Å². The standard InChI is InChI=1S/C46H56O7/c1-5-39-42(53-46(3,4)52-39)34(2)19-18-28-40-43(48-30-36-22-12-7-13-23-36)45(50-32-38-26-16-9-17-27-38)44(49-31-37-24-14-8-15-25-37)41(51-40)33-47-29-35-20-10-6-11-21-35/h6-27,34,39-45H,5,28-33H2,1-4H3/b19-18-/t34-,39+,40-,41?,42-,43?,44-,45+/m0/s1. The van der Waals surface area contributed by atoms with Crippen molar-refractivity contribution in [1.29, 1.82) is 0 Å². The van der Waals surface area contributed by atoms with Crippen LogP contribution < -0.4 is 0 Å². The van der Waals surface area contributed by atoms with E-state index in [1.165, 1.54) is 0 Å². The van der Waals surface area contributed by atoms with Crippen LogP contribution in [-0.2, 0) is 59.6 Å². The average molecular weight is 721 g/mol. The smallest absolute Gasteiger partial charge is 0.163 e. The lowest BCUT2D eigenvalue weighted by Gasteiger charge is -2.46. The quantitative estimate of drug-likeness (QED) is 0.0950. The number of rotatable bonds is 18. The molecule has 0 saturated carbocycles. The Hall–Kier alpha value is -3.66. The van der Waals surface area contributed by atoms with Crippen molar-refractivity contribution >= 4 is 0 Å². The van der Waals surface area contributed by atoms with Gasteiger partial charge in [0.25, 0.3) is 0 Å². The average Bonchev–Trinajstić information content (AvgIpc) is 3.52. The largest absolute Gasteiger partial charge is 0.374 e. The molecule has 0 spiro atoms. The topological polar surface area (TPSA) is 64.6 Å². The molecule has 0 aliphatic carbocycles. The minimum atomic E-state index is -0.596. The molecule has 2 fully saturated rings. The molecule has 4 aromatic carbocycles. The maximum absolute atomic E-state index is 7.03. The summed E-state index contributed by atoms with van der Waals surface area (Å²) in [6, 6.07) is 40.9. The SMILES string of the molecule is CC[C@H]1OC(C)(C)O[C@H]1[C@@H](C)/C=C\C[C@@H]1OC(COCc2ccccc2)[C@H](OCc2ccccc2)[C@H](OCc2ccccc2)C1OCc1ccccc1. The van der Waals surface area contributed by atoms with Gasteiger partial charge in [0.05, 0.1) is 51.3 Å². The molecule has 282 valence electrons. The van der Waals surface area contributed by atoms with Crippen LogP contribution in [0.2, 0.25) is 0 Å². The molecule has 7 heteroatoms. The van der Waals surface area contributed by atoms with Gasteiger partial charge in [0.15, 0.2) is 5.79 Å². The van der Waals surface area contributed by atoms with Crippen LogP contribution in [0.1, 0.15) is 62.8 Å². The molecule has 6 rings (SSSR count). The minimum Gasteiger partial charge on any atom is -0.374 e. The highest BCUT2D eigenvalue weighted by atomic mass is 16.8. The fourth-order valence-electron chi connectivity index (χ4n) is 7.24. The lowest BCUT2D eigenvalue weighted by molar-refractivity contribution is -0.271. The third kappa shape index (κ3) is 11.4. The second-order valence-corrected chi connectivity index (χ2v) is 14.6.